The second kappa shape index (κ2) is 7.41. The normalized spacial score (nSPS) is 13.9. The molecule has 0 unspecified atom stereocenters. The number of hydrogen-bond donors (Lipinski definition) is 0. The van der Waals surface area contributed by atoms with Crippen LogP contribution in [0.3, 0.4) is 0 Å². The van der Waals surface area contributed by atoms with E-state index in [2.05, 4.69) is 5.10 Å². The standard InChI is InChI=1S/C23H23N3O3S/c1-25-22-12-5-11-20(22)21(24-25)16-26(15-18-9-6-14-29-18)30(27,28)23-13-4-8-17-7-2-3-10-19(17)23/h2-4,6-10,13-14H,5,11-12,15-16H2,1H3. The van der Waals surface area contributed by atoms with E-state index in [-0.39, 0.29) is 13.1 Å². The van der Waals surface area contributed by atoms with E-state index in [1.807, 2.05) is 42.1 Å². The van der Waals surface area contributed by atoms with Gasteiger partial charge in [0.05, 0.1) is 29.9 Å². The van der Waals surface area contributed by atoms with Gasteiger partial charge >= 0.3 is 0 Å². The van der Waals surface area contributed by atoms with E-state index in [1.54, 1.807) is 30.5 Å². The summed E-state index contributed by atoms with van der Waals surface area (Å²) in [6.07, 6.45) is 4.59. The van der Waals surface area contributed by atoms with Gasteiger partial charge in [-0.2, -0.15) is 9.40 Å². The van der Waals surface area contributed by atoms with Crippen LogP contribution in [0.4, 0.5) is 0 Å². The largest absolute Gasteiger partial charge is 0.468 e. The van der Waals surface area contributed by atoms with Gasteiger partial charge in [-0.1, -0.05) is 36.4 Å². The topological polar surface area (TPSA) is 68.3 Å². The van der Waals surface area contributed by atoms with Crippen molar-refractivity contribution in [3.05, 3.63) is 83.6 Å². The molecule has 4 aromatic rings. The van der Waals surface area contributed by atoms with Gasteiger partial charge < -0.3 is 4.42 Å². The molecule has 2 heterocycles. The summed E-state index contributed by atoms with van der Waals surface area (Å²) in [5, 5.41) is 6.27. The lowest BCUT2D eigenvalue weighted by molar-refractivity contribution is 0.354. The summed E-state index contributed by atoms with van der Waals surface area (Å²) in [6.45, 7) is 0.374. The van der Waals surface area contributed by atoms with E-state index >= 15 is 0 Å². The molecule has 2 aromatic carbocycles. The Morgan fingerprint density at radius 3 is 2.70 bits per heavy atom. The van der Waals surface area contributed by atoms with Gasteiger partial charge in [-0.05, 0) is 48.4 Å². The van der Waals surface area contributed by atoms with Crippen LogP contribution in [0.5, 0.6) is 0 Å². The monoisotopic (exact) mass is 421 g/mol. The van der Waals surface area contributed by atoms with Crippen molar-refractivity contribution in [3.63, 3.8) is 0 Å². The molecule has 1 aliphatic carbocycles. The molecule has 1 aliphatic rings. The van der Waals surface area contributed by atoms with Crippen molar-refractivity contribution in [3.8, 4) is 0 Å². The molecule has 154 valence electrons. The Kier molecular flexibility index (Phi) is 4.72. The van der Waals surface area contributed by atoms with Gasteiger partial charge in [-0.3, -0.25) is 4.68 Å². The first-order chi connectivity index (χ1) is 14.5. The summed E-state index contributed by atoms with van der Waals surface area (Å²) in [5.74, 6) is 0.603. The number of benzene rings is 2. The Morgan fingerprint density at radius 1 is 1.03 bits per heavy atom. The molecule has 6 nitrogen and oxygen atoms in total. The van der Waals surface area contributed by atoms with E-state index in [0.717, 1.165) is 35.7 Å². The van der Waals surface area contributed by atoms with Crippen molar-refractivity contribution in [2.45, 2.75) is 37.2 Å². The van der Waals surface area contributed by atoms with E-state index in [1.165, 1.54) is 15.6 Å². The average molecular weight is 422 g/mol. The Morgan fingerprint density at radius 2 is 1.87 bits per heavy atom. The van der Waals surface area contributed by atoms with Gasteiger partial charge in [0, 0.05) is 18.1 Å². The quantitative estimate of drug-likeness (QED) is 0.471. The number of hydrogen-bond acceptors (Lipinski definition) is 4. The van der Waals surface area contributed by atoms with Gasteiger partial charge in [-0.25, -0.2) is 8.42 Å². The highest BCUT2D eigenvalue weighted by molar-refractivity contribution is 7.89. The second-order valence-corrected chi connectivity index (χ2v) is 9.59. The Balaban J connectivity index is 1.60. The summed E-state index contributed by atoms with van der Waals surface area (Å²) in [4.78, 5) is 0.305. The Labute approximate surface area is 175 Å². The zero-order chi connectivity index (χ0) is 20.7. The van der Waals surface area contributed by atoms with Crippen LogP contribution < -0.4 is 0 Å². The first-order valence-corrected chi connectivity index (χ1v) is 11.5. The Bertz CT molecular complexity index is 1300. The second-order valence-electron chi connectivity index (χ2n) is 7.68. The molecule has 0 N–H and O–H groups in total. The summed E-state index contributed by atoms with van der Waals surface area (Å²) in [6, 6.07) is 16.5. The molecule has 0 radical (unpaired) electrons. The number of aryl methyl sites for hydroxylation is 1. The molecule has 0 bridgehead atoms. The van der Waals surface area contributed by atoms with Gasteiger partial charge in [0.25, 0.3) is 0 Å². The number of furan rings is 1. The minimum absolute atomic E-state index is 0.157. The molecule has 0 saturated heterocycles. The molecule has 30 heavy (non-hydrogen) atoms. The minimum atomic E-state index is -3.79. The third-order valence-corrected chi connectivity index (χ3v) is 7.65. The first kappa shape index (κ1) is 19.1. The number of sulfonamides is 1. The fraction of sp³-hybridized carbons (Fsp3) is 0.261. The van der Waals surface area contributed by atoms with Crippen molar-refractivity contribution in [1.82, 2.24) is 14.1 Å². The SMILES string of the molecule is Cn1nc(CN(Cc2ccco2)S(=O)(=O)c2cccc3ccccc23)c2c1CCC2. The predicted molar refractivity (Wildman–Crippen MR) is 114 cm³/mol. The number of rotatable bonds is 6. The van der Waals surface area contributed by atoms with Crippen LogP contribution in [0, 0.1) is 0 Å². The lowest BCUT2D eigenvalue weighted by Gasteiger charge is -2.22. The summed E-state index contributed by atoms with van der Waals surface area (Å²) in [5.41, 5.74) is 3.24. The molecule has 2 aromatic heterocycles. The summed E-state index contributed by atoms with van der Waals surface area (Å²) < 4.78 is 36.5. The first-order valence-electron chi connectivity index (χ1n) is 10.1. The third-order valence-electron chi connectivity index (χ3n) is 5.80. The van der Waals surface area contributed by atoms with E-state index in [4.69, 9.17) is 4.42 Å². The lowest BCUT2D eigenvalue weighted by atomic mass is 10.1. The fourth-order valence-electron chi connectivity index (χ4n) is 4.35. The van der Waals surface area contributed by atoms with E-state index in [0.29, 0.717) is 10.7 Å². The van der Waals surface area contributed by atoms with Crippen LogP contribution in [-0.2, 0) is 43.0 Å². The van der Waals surface area contributed by atoms with Crippen molar-refractivity contribution in [1.29, 1.82) is 0 Å². The molecule has 0 aliphatic heterocycles. The highest BCUT2D eigenvalue weighted by atomic mass is 32.2. The summed E-state index contributed by atoms with van der Waals surface area (Å²) in [7, 11) is -1.85. The zero-order valence-corrected chi connectivity index (χ0v) is 17.6. The van der Waals surface area contributed by atoms with Crippen molar-refractivity contribution in [2.75, 3.05) is 0 Å². The lowest BCUT2D eigenvalue weighted by Crippen LogP contribution is -2.31. The predicted octanol–water partition coefficient (Wildman–Crippen LogP) is 4.05. The molecule has 0 fully saturated rings. The van der Waals surface area contributed by atoms with Crippen LogP contribution in [0.2, 0.25) is 0 Å². The number of nitrogens with zero attached hydrogens (tertiary/aromatic N) is 3. The molecule has 0 atom stereocenters. The molecule has 7 heteroatoms. The van der Waals surface area contributed by atoms with Crippen LogP contribution in [0.15, 0.2) is 70.2 Å². The molecule has 5 rings (SSSR count). The van der Waals surface area contributed by atoms with E-state index in [9.17, 15) is 8.42 Å². The van der Waals surface area contributed by atoms with Crippen LogP contribution >= 0.6 is 0 Å². The van der Waals surface area contributed by atoms with Gasteiger partial charge in [-0.15, -0.1) is 0 Å². The zero-order valence-electron chi connectivity index (χ0n) is 16.8. The number of aromatic nitrogens is 2. The number of fused-ring (bicyclic) bond motifs is 2. The highest BCUT2D eigenvalue weighted by Gasteiger charge is 2.30. The summed E-state index contributed by atoms with van der Waals surface area (Å²) >= 11 is 0. The van der Waals surface area contributed by atoms with Crippen LogP contribution in [0.1, 0.15) is 29.1 Å². The molecular weight excluding hydrogens is 398 g/mol. The maximum absolute atomic E-state index is 13.8. The third kappa shape index (κ3) is 3.24. The smallest absolute Gasteiger partial charge is 0.244 e. The van der Waals surface area contributed by atoms with Gasteiger partial charge in [0.1, 0.15) is 5.76 Å². The average Bonchev–Trinajstić information content (AvgIpc) is 3.48. The fourth-order valence-corrected chi connectivity index (χ4v) is 5.94. The van der Waals surface area contributed by atoms with Gasteiger partial charge in [0.2, 0.25) is 10.0 Å². The van der Waals surface area contributed by atoms with E-state index < -0.39 is 10.0 Å². The van der Waals surface area contributed by atoms with Crippen molar-refractivity contribution in [2.24, 2.45) is 7.05 Å². The van der Waals surface area contributed by atoms with Crippen molar-refractivity contribution < 1.29 is 12.8 Å². The van der Waals surface area contributed by atoms with Crippen molar-refractivity contribution >= 4 is 20.8 Å². The molecule has 0 amide bonds. The maximum atomic E-state index is 13.8. The molecular formula is C23H23N3O3S. The molecule has 0 saturated carbocycles. The highest BCUT2D eigenvalue weighted by Crippen LogP contribution is 2.30. The Hall–Kier alpha value is -2.90. The van der Waals surface area contributed by atoms with Gasteiger partial charge in [0.15, 0.2) is 0 Å². The minimum Gasteiger partial charge on any atom is -0.468 e. The van der Waals surface area contributed by atoms with Crippen LogP contribution in [-0.4, -0.2) is 22.5 Å². The van der Waals surface area contributed by atoms with Crippen LogP contribution in [0.25, 0.3) is 10.8 Å². The maximum Gasteiger partial charge on any atom is 0.244 e. The molecule has 0 spiro atoms.